The second kappa shape index (κ2) is 11.7. The van der Waals surface area contributed by atoms with Crippen molar-refractivity contribution in [2.75, 3.05) is 7.11 Å². The van der Waals surface area contributed by atoms with E-state index in [4.69, 9.17) is 5.11 Å². The molecular formula is C20H28O2. The van der Waals surface area contributed by atoms with E-state index in [0.717, 1.165) is 31.8 Å². The van der Waals surface area contributed by atoms with Crippen molar-refractivity contribution in [3.05, 3.63) is 64.3 Å². The first kappa shape index (κ1) is 20.1. The highest BCUT2D eigenvalue weighted by molar-refractivity contribution is 5.74. The van der Waals surface area contributed by atoms with Crippen LogP contribution in [-0.4, -0.2) is 18.5 Å². The van der Waals surface area contributed by atoms with Crippen LogP contribution in [0, 0.1) is 0 Å². The molecule has 0 aliphatic carbocycles. The summed E-state index contributed by atoms with van der Waals surface area (Å²) in [7, 11) is 1.00. The molecule has 0 radical (unpaired) electrons. The maximum atomic E-state index is 10.5. The van der Waals surface area contributed by atoms with E-state index in [1.165, 1.54) is 22.3 Å². The second-order valence-electron chi connectivity index (χ2n) is 5.55. The molecule has 0 saturated heterocycles. The van der Waals surface area contributed by atoms with Crippen molar-refractivity contribution in [1.29, 1.82) is 0 Å². The third kappa shape index (κ3) is 9.09. The molecule has 2 nitrogen and oxygen atoms in total. The van der Waals surface area contributed by atoms with Crippen molar-refractivity contribution in [3.8, 4) is 0 Å². The van der Waals surface area contributed by atoms with Gasteiger partial charge in [0.25, 0.3) is 0 Å². The number of aliphatic hydroxyl groups excluding tert-OH is 1. The number of aliphatic hydroxyl groups is 1. The molecule has 0 unspecified atom stereocenters. The topological polar surface area (TPSA) is 37.3 Å². The maximum Gasteiger partial charge on any atom is 0.142 e. The molecule has 0 saturated carbocycles. The Labute approximate surface area is 134 Å². The molecule has 1 aromatic carbocycles. The molecule has 0 spiro atoms. The molecule has 0 amide bonds. The van der Waals surface area contributed by atoms with E-state index in [1.54, 1.807) is 6.08 Å². The fourth-order valence-electron chi connectivity index (χ4n) is 1.92. The summed E-state index contributed by atoms with van der Waals surface area (Å²) in [6.07, 6.45) is 10.6. The third-order valence-corrected chi connectivity index (χ3v) is 2.93. The van der Waals surface area contributed by atoms with Gasteiger partial charge in [-0.3, -0.25) is 4.79 Å². The largest absolute Gasteiger partial charge is 0.400 e. The zero-order valence-electron chi connectivity index (χ0n) is 14.4. The van der Waals surface area contributed by atoms with Crippen LogP contribution in [0.15, 0.2) is 47.6 Å². The first-order valence-corrected chi connectivity index (χ1v) is 7.47. The van der Waals surface area contributed by atoms with Gasteiger partial charge in [0.1, 0.15) is 6.29 Å². The van der Waals surface area contributed by atoms with Gasteiger partial charge in [-0.05, 0) is 63.3 Å². The van der Waals surface area contributed by atoms with E-state index in [0.29, 0.717) is 0 Å². The molecule has 0 heterocycles. The van der Waals surface area contributed by atoms with Crippen LogP contribution < -0.4 is 0 Å². The minimum atomic E-state index is 0.818. The minimum Gasteiger partial charge on any atom is -0.400 e. The summed E-state index contributed by atoms with van der Waals surface area (Å²) < 4.78 is 0. The van der Waals surface area contributed by atoms with Crippen molar-refractivity contribution in [2.45, 2.75) is 40.5 Å². The predicted molar refractivity (Wildman–Crippen MR) is 96.0 cm³/mol. The lowest BCUT2D eigenvalue weighted by Crippen LogP contribution is -1.90. The highest BCUT2D eigenvalue weighted by Gasteiger charge is 1.99. The lowest BCUT2D eigenvalue weighted by atomic mass is 10.00. The van der Waals surface area contributed by atoms with Crippen LogP contribution in [0.4, 0.5) is 0 Å². The fourth-order valence-corrected chi connectivity index (χ4v) is 1.92. The Balaban J connectivity index is 0.00000211. The monoisotopic (exact) mass is 300 g/mol. The summed E-state index contributed by atoms with van der Waals surface area (Å²) in [5.74, 6) is 0. The van der Waals surface area contributed by atoms with Crippen LogP contribution in [0.3, 0.4) is 0 Å². The number of aldehydes is 1. The SMILES string of the molecule is CC(C)=CCc1cc(/C=C/C=O)cc(CC=C(C)C)c1.CO. The average Bonchev–Trinajstić information content (AvgIpc) is 2.51. The van der Waals surface area contributed by atoms with Crippen LogP contribution in [-0.2, 0) is 17.6 Å². The molecule has 0 bridgehead atoms. The van der Waals surface area contributed by atoms with Crippen molar-refractivity contribution in [1.82, 2.24) is 0 Å². The van der Waals surface area contributed by atoms with E-state index in [9.17, 15) is 4.79 Å². The van der Waals surface area contributed by atoms with Gasteiger partial charge in [-0.25, -0.2) is 0 Å². The van der Waals surface area contributed by atoms with Gasteiger partial charge >= 0.3 is 0 Å². The minimum absolute atomic E-state index is 0.818. The molecule has 1 rings (SSSR count). The lowest BCUT2D eigenvalue weighted by molar-refractivity contribution is -0.104. The van der Waals surface area contributed by atoms with Crippen LogP contribution in [0.25, 0.3) is 6.08 Å². The van der Waals surface area contributed by atoms with Crippen molar-refractivity contribution < 1.29 is 9.90 Å². The quantitative estimate of drug-likeness (QED) is 0.476. The molecular weight excluding hydrogens is 272 g/mol. The summed E-state index contributed by atoms with van der Waals surface area (Å²) in [6.45, 7) is 8.45. The number of hydrogen-bond donors (Lipinski definition) is 1. The summed E-state index contributed by atoms with van der Waals surface area (Å²) in [4.78, 5) is 10.5. The number of rotatable bonds is 6. The number of allylic oxidation sites excluding steroid dienone is 5. The molecule has 1 N–H and O–H groups in total. The number of carbonyl (C=O) groups excluding carboxylic acids is 1. The molecule has 0 aromatic heterocycles. The van der Waals surface area contributed by atoms with Crippen molar-refractivity contribution >= 4 is 12.4 Å². The second-order valence-corrected chi connectivity index (χ2v) is 5.55. The van der Waals surface area contributed by atoms with Gasteiger partial charge in [0.05, 0.1) is 0 Å². The molecule has 0 fully saturated rings. The molecule has 0 atom stereocenters. The standard InChI is InChI=1S/C19H24O.CH4O/c1-15(2)7-9-18-12-17(6-5-11-20)13-19(14-18)10-8-16(3)4;1-2/h5-8,11-14H,9-10H2,1-4H3;2H,1H3/b6-5+;. The third-order valence-electron chi connectivity index (χ3n) is 2.93. The van der Waals surface area contributed by atoms with Crippen LogP contribution >= 0.6 is 0 Å². The molecule has 2 heteroatoms. The number of benzene rings is 1. The molecule has 1 aromatic rings. The Morgan fingerprint density at radius 3 is 1.73 bits per heavy atom. The molecule has 22 heavy (non-hydrogen) atoms. The van der Waals surface area contributed by atoms with Gasteiger partial charge in [0.15, 0.2) is 0 Å². The predicted octanol–water partition coefficient (Wildman–Crippen LogP) is 4.52. The van der Waals surface area contributed by atoms with E-state index in [2.05, 4.69) is 58.0 Å². The Bertz CT molecular complexity index is 503. The zero-order chi connectivity index (χ0) is 17.0. The Morgan fingerprint density at radius 1 is 0.909 bits per heavy atom. The summed E-state index contributed by atoms with van der Waals surface area (Å²) in [6, 6.07) is 6.54. The number of hydrogen-bond acceptors (Lipinski definition) is 2. The van der Waals surface area contributed by atoms with Gasteiger partial charge in [0.2, 0.25) is 0 Å². The summed E-state index contributed by atoms with van der Waals surface area (Å²) >= 11 is 0. The Hall–Kier alpha value is -1.93. The van der Waals surface area contributed by atoms with Gasteiger partial charge in [0, 0.05) is 7.11 Å². The molecule has 0 aliphatic rings. The van der Waals surface area contributed by atoms with Crippen molar-refractivity contribution in [3.63, 3.8) is 0 Å². The summed E-state index contributed by atoms with van der Waals surface area (Å²) in [5.41, 5.74) is 6.32. The van der Waals surface area contributed by atoms with Crippen LogP contribution in [0.2, 0.25) is 0 Å². The normalized spacial score (nSPS) is 9.73. The van der Waals surface area contributed by atoms with Crippen LogP contribution in [0.5, 0.6) is 0 Å². The maximum absolute atomic E-state index is 10.5. The highest BCUT2D eigenvalue weighted by atomic mass is 16.2. The first-order chi connectivity index (χ1) is 10.5. The van der Waals surface area contributed by atoms with Gasteiger partial charge in [-0.15, -0.1) is 0 Å². The summed E-state index contributed by atoms with van der Waals surface area (Å²) in [5, 5.41) is 7.00. The van der Waals surface area contributed by atoms with Gasteiger partial charge in [-0.1, -0.05) is 47.6 Å². The fraction of sp³-hybridized carbons (Fsp3) is 0.350. The van der Waals surface area contributed by atoms with E-state index < -0.39 is 0 Å². The Morgan fingerprint density at radius 2 is 1.36 bits per heavy atom. The lowest BCUT2D eigenvalue weighted by Gasteiger charge is -2.06. The van der Waals surface area contributed by atoms with Gasteiger partial charge in [-0.2, -0.15) is 0 Å². The Kier molecular flexibility index (Phi) is 10.7. The van der Waals surface area contributed by atoms with E-state index >= 15 is 0 Å². The van der Waals surface area contributed by atoms with E-state index in [-0.39, 0.29) is 0 Å². The average molecular weight is 300 g/mol. The van der Waals surface area contributed by atoms with Crippen LogP contribution in [0.1, 0.15) is 44.4 Å². The molecule has 120 valence electrons. The van der Waals surface area contributed by atoms with E-state index in [1.807, 2.05) is 6.08 Å². The molecule has 0 aliphatic heterocycles. The van der Waals surface area contributed by atoms with Crippen molar-refractivity contribution in [2.24, 2.45) is 0 Å². The first-order valence-electron chi connectivity index (χ1n) is 7.47. The zero-order valence-corrected chi connectivity index (χ0v) is 14.4. The highest BCUT2D eigenvalue weighted by Crippen LogP contribution is 2.15. The number of carbonyl (C=O) groups is 1. The smallest absolute Gasteiger partial charge is 0.142 e. The van der Waals surface area contributed by atoms with Gasteiger partial charge < -0.3 is 5.11 Å².